The fraction of sp³-hybridized carbons (Fsp3) is 0.300. The van der Waals surface area contributed by atoms with Gasteiger partial charge in [-0.3, -0.25) is 0 Å². The van der Waals surface area contributed by atoms with Gasteiger partial charge in [0.05, 0.1) is 7.11 Å². The highest BCUT2D eigenvalue weighted by Crippen LogP contribution is 2.50. The van der Waals surface area contributed by atoms with Crippen LogP contribution in [0.15, 0.2) is 47.5 Å². The van der Waals surface area contributed by atoms with E-state index in [1.54, 1.807) is 24.3 Å². The maximum absolute atomic E-state index is 13.7. The van der Waals surface area contributed by atoms with Gasteiger partial charge < -0.3 is 9.72 Å². The normalized spacial score (nSPS) is 15.8. The van der Waals surface area contributed by atoms with Gasteiger partial charge in [0.1, 0.15) is 16.5 Å². The fourth-order valence-electron chi connectivity index (χ4n) is 3.53. The Balaban J connectivity index is 1.63. The highest BCUT2D eigenvalue weighted by Gasteiger charge is 2.46. The number of sulfonamides is 1. The van der Waals surface area contributed by atoms with Gasteiger partial charge in [-0.1, -0.05) is 6.07 Å². The Morgan fingerprint density at radius 1 is 1.22 bits per heavy atom. The smallest absolute Gasteiger partial charge is 0.244 e. The number of hydrogen-bond acceptors (Lipinski definition) is 3. The van der Waals surface area contributed by atoms with Gasteiger partial charge in [0.25, 0.3) is 0 Å². The van der Waals surface area contributed by atoms with Crippen molar-refractivity contribution < 1.29 is 17.5 Å². The van der Waals surface area contributed by atoms with E-state index in [2.05, 4.69) is 9.71 Å². The molecule has 7 heteroatoms. The van der Waals surface area contributed by atoms with Crippen LogP contribution in [0.4, 0.5) is 4.39 Å². The van der Waals surface area contributed by atoms with Gasteiger partial charge in [-0.25, -0.2) is 17.5 Å². The number of nitrogens with one attached hydrogen (secondary N) is 2. The first-order valence-corrected chi connectivity index (χ1v) is 10.2. The average Bonchev–Trinajstić information content (AvgIpc) is 3.32. The van der Waals surface area contributed by atoms with E-state index in [0.29, 0.717) is 5.75 Å². The minimum atomic E-state index is -3.73. The largest absolute Gasteiger partial charge is 0.495 e. The van der Waals surface area contributed by atoms with Crippen LogP contribution in [0.25, 0.3) is 10.9 Å². The zero-order chi connectivity index (χ0) is 19.2. The molecule has 27 heavy (non-hydrogen) atoms. The molecule has 1 aromatic heterocycles. The number of hydrogen-bond donors (Lipinski definition) is 2. The molecule has 0 saturated heterocycles. The summed E-state index contributed by atoms with van der Waals surface area (Å²) in [7, 11) is -2.28. The van der Waals surface area contributed by atoms with Crippen molar-refractivity contribution in [2.45, 2.75) is 30.1 Å². The van der Waals surface area contributed by atoms with E-state index < -0.39 is 10.0 Å². The van der Waals surface area contributed by atoms with Crippen LogP contribution in [0.5, 0.6) is 5.75 Å². The van der Waals surface area contributed by atoms with Crippen LogP contribution >= 0.6 is 0 Å². The summed E-state index contributed by atoms with van der Waals surface area (Å²) in [5.74, 6) is 0.0105. The lowest BCUT2D eigenvalue weighted by atomic mass is 9.96. The van der Waals surface area contributed by atoms with Crippen molar-refractivity contribution in [1.29, 1.82) is 0 Å². The molecule has 5 nitrogen and oxygen atoms in total. The van der Waals surface area contributed by atoms with E-state index in [9.17, 15) is 12.8 Å². The molecule has 1 heterocycles. The third-order valence-corrected chi connectivity index (χ3v) is 6.70. The van der Waals surface area contributed by atoms with Crippen molar-refractivity contribution >= 4 is 20.9 Å². The predicted molar refractivity (Wildman–Crippen MR) is 102 cm³/mol. The van der Waals surface area contributed by atoms with Crippen LogP contribution in [0.3, 0.4) is 0 Å². The average molecular weight is 388 g/mol. The van der Waals surface area contributed by atoms with Crippen molar-refractivity contribution in [3.8, 4) is 5.75 Å². The van der Waals surface area contributed by atoms with Gasteiger partial charge in [0, 0.05) is 29.1 Å². The third-order valence-electron chi connectivity index (χ3n) is 5.28. The standard InChI is InChI=1S/C20H21FN2O3S/c1-13-3-6-18(26-2)19(9-13)27(24,25)23-12-20(7-8-20)16-11-22-17-5-4-14(21)10-15(16)17/h3-6,9-11,22-23H,7-8,12H2,1-2H3. The molecule has 0 amide bonds. The van der Waals surface area contributed by atoms with Crippen molar-refractivity contribution in [3.63, 3.8) is 0 Å². The quantitative estimate of drug-likeness (QED) is 0.677. The molecule has 1 saturated carbocycles. The van der Waals surface area contributed by atoms with Crippen molar-refractivity contribution in [1.82, 2.24) is 9.71 Å². The summed E-state index contributed by atoms with van der Waals surface area (Å²) < 4.78 is 47.4. The number of ether oxygens (including phenoxy) is 1. The van der Waals surface area contributed by atoms with Crippen LogP contribution in [0, 0.1) is 12.7 Å². The van der Waals surface area contributed by atoms with Crippen LogP contribution < -0.4 is 9.46 Å². The minimum absolute atomic E-state index is 0.130. The molecular weight excluding hydrogens is 367 g/mol. The molecule has 142 valence electrons. The first-order chi connectivity index (χ1) is 12.8. The summed E-state index contributed by atoms with van der Waals surface area (Å²) in [5, 5.41) is 0.805. The number of H-pyrrole nitrogens is 1. The van der Waals surface area contributed by atoms with Crippen molar-refractivity contribution in [2.75, 3.05) is 13.7 Å². The van der Waals surface area contributed by atoms with E-state index in [1.807, 2.05) is 13.1 Å². The van der Waals surface area contributed by atoms with E-state index in [4.69, 9.17) is 4.74 Å². The molecule has 1 fully saturated rings. The molecule has 0 spiro atoms. The molecule has 0 bridgehead atoms. The molecule has 0 aliphatic heterocycles. The van der Waals surface area contributed by atoms with Crippen molar-refractivity contribution in [3.05, 3.63) is 59.5 Å². The molecule has 0 radical (unpaired) electrons. The number of halogens is 1. The Hall–Kier alpha value is -2.38. The van der Waals surface area contributed by atoms with Gasteiger partial charge in [-0.2, -0.15) is 0 Å². The lowest BCUT2D eigenvalue weighted by molar-refractivity contribution is 0.402. The number of benzene rings is 2. The molecular formula is C20H21FN2O3S. The van der Waals surface area contributed by atoms with Crippen LogP contribution in [-0.4, -0.2) is 27.1 Å². The molecule has 2 N–H and O–H groups in total. The Bertz CT molecular complexity index is 1120. The zero-order valence-electron chi connectivity index (χ0n) is 15.2. The summed E-state index contributed by atoms with van der Waals surface area (Å²) in [4.78, 5) is 3.28. The maximum Gasteiger partial charge on any atom is 0.244 e. The monoisotopic (exact) mass is 388 g/mol. The molecule has 0 unspecified atom stereocenters. The van der Waals surface area contributed by atoms with E-state index >= 15 is 0 Å². The van der Waals surface area contributed by atoms with Crippen LogP contribution in [0.2, 0.25) is 0 Å². The Morgan fingerprint density at radius 3 is 2.70 bits per heavy atom. The Kier molecular flexibility index (Phi) is 4.24. The van der Waals surface area contributed by atoms with Gasteiger partial charge in [0.15, 0.2) is 0 Å². The summed E-state index contributed by atoms with van der Waals surface area (Å²) >= 11 is 0. The first-order valence-electron chi connectivity index (χ1n) is 8.76. The number of aromatic nitrogens is 1. The lowest BCUT2D eigenvalue weighted by Gasteiger charge is -2.17. The Labute approximate surface area is 157 Å². The number of aryl methyl sites for hydroxylation is 1. The topological polar surface area (TPSA) is 71.2 Å². The fourth-order valence-corrected chi connectivity index (χ4v) is 4.91. The van der Waals surface area contributed by atoms with E-state index in [-0.39, 0.29) is 22.7 Å². The highest BCUT2D eigenvalue weighted by molar-refractivity contribution is 7.89. The van der Waals surface area contributed by atoms with Gasteiger partial charge >= 0.3 is 0 Å². The molecule has 1 aliphatic carbocycles. The predicted octanol–water partition coefficient (Wildman–Crippen LogP) is 3.63. The molecule has 1 aliphatic rings. The number of rotatable bonds is 6. The molecule has 3 aromatic rings. The third kappa shape index (κ3) is 3.21. The summed E-state index contributed by atoms with van der Waals surface area (Å²) in [6.07, 6.45) is 3.56. The van der Waals surface area contributed by atoms with Crippen LogP contribution in [0.1, 0.15) is 24.0 Å². The van der Waals surface area contributed by atoms with Gasteiger partial charge in [-0.05, 0) is 61.2 Å². The second-order valence-electron chi connectivity index (χ2n) is 7.15. The highest BCUT2D eigenvalue weighted by atomic mass is 32.2. The Morgan fingerprint density at radius 2 is 2.00 bits per heavy atom. The molecule has 4 rings (SSSR count). The lowest BCUT2D eigenvalue weighted by Crippen LogP contribution is -2.32. The minimum Gasteiger partial charge on any atom is -0.495 e. The summed E-state index contributed by atoms with van der Waals surface area (Å²) in [5.41, 5.74) is 2.33. The van der Waals surface area contributed by atoms with Gasteiger partial charge in [0.2, 0.25) is 10.0 Å². The molecule has 2 aromatic carbocycles. The van der Waals surface area contributed by atoms with Crippen molar-refractivity contribution in [2.24, 2.45) is 0 Å². The number of aromatic amines is 1. The maximum atomic E-state index is 13.7. The number of methoxy groups -OCH3 is 1. The second-order valence-corrected chi connectivity index (χ2v) is 8.89. The summed E-state index contributed by atoms with van der Waals surface area (Å²) in [6, 6.07) is 9.67. The zero-order valence-corrected chi connectivity index (χ0v) is 16.0. The van der Waals surface area contributed by atoms with Gasteiger partial charge in [-0.15, -0.1) is 0 Å². The van der Waals surface area contributed by atoms with Crippen LogP contribution in [-0.2, 0) is 15.4 Å². The second kappa shape index (κ2) is 6.35. The number of fused-ring (bicyclic) bond motifs is 1. The van der Waals surface area contributed by atoms with E-state index in [1.165, 1.54) is 19.2 Å². The first kappa shape index (κ1) is 18.0. The molecule has 0 atom stereocenters. The SMILES string of the molecule is COc1ccc(C)cc1S(=O)(=O)NCC1(c2c[nH]c3ccc(F)cc23)CC1. The van der Waals surface area contributed by atoms with E-state index in [0.717, 1.165) is 34.9 Å². The summed E-state index contributed by atoms with van der Waals surface area (Å²) in [6.45, 7) is 2.09.